The minimum Gasteiger partial charge on any atom is -2.00 e. The average molecular weight is 454 g/mol. The summed E-state index contributed by atoms with van der Waals surface area (Å²) in [5, 5.41) is 0. The molecule has 7 nitrogen and oxygen atoms in total. The van der Waals surface area contributed by atoms with Gasteiger partial charge in [0, 0.05) is 21.1 Å². The van der Waals surface area contributed by atoms with Crippen molar-refractivity contribution >= 4 is 0 Å². The topological polar surface area (TPSA) is 200 Å². The third-order valence-electron chi connectivity index (χ3n) is 0. The molecule has 0 spiro atoms. The summed E-state index contributed by atoms with van der Waals surface area (Å²) >= 11 is 0. The van der Waals surface area contributed by atoms with E-state index >= 15 is 0 Å². The minimum absolute atomic E-state index is 0. The SMILES string of the molecule is [Li+].[Nb+5].[Ni+2].[O-2].[O-2].[O-2].[O-2].[O-2].[O-2].[O-2].[W]. The van der Waals surface area contributed by atoms with Crippen molar-refractivity contribution < 1.29 is 117 Å². The molecule has 0 fully saturated rings. The zero-order valence-corrected chi connectivity index (χ0v) is 11.1. The Balaban J connectivity index is 0. The predicted molar refractivity (Wildman–Crippen MR) is 4.81 cm³/mol. The summed E-state index contributed by atoms with van der Waals surface area (Å²) in [7, 11) is 0. The van der Waals surface area contributed by atoms with Crippen molar-refractivity contribution in [2.75, 3.05) is 0 Å². The standard InChI is InChI=1S/Li.Nb.Ni.7O.W/q+1;+5;+2;7*-2;. The van der Waals surface area contributed by atoms with Crippen molar-refractivity contribution in [3.8, 4) is 0 Å². The summed E-state index contributed by atoms with van der Waals surface area (Å²) in [6.45, 7) is 0. The molecule has 11 heteroatoms. The van der Waals surface area contributed by atoms with Crippen LogP contribution in [-0.4, -0.2) is 0 Å². The van der Waals surface area contributed by atoms with Gasteiger partial charge in [-0.1, -0.05) is 0 Å². The van der Waals surface area contributed by atoms with Crippen molar-refractivity contribution in [1.82, 2.24) is 0 Å². The summed E-state index contributed by atoms with van der Waals surface area (Å²) in [6.07, 6.45) is 0. The molecule has 0 N–H and O–H groups in total. The van der Waals surface area contributed by atoms with Crippen LogP contribution in [0.1, 0.15) is 0 Å². The molecule has 0 atom stereocenters. The predicted octanol–water partition coefficient (Wildman–Crippen LogP) is -3.84. The van der Waals surface area contributed by atoms with Crippen molar-refractivity contribution in [3.63, 3.8) is 0 Å². The van der Waals surface area contributed by atoms with Gasteiger partial charge < -0.3 is 38.3 Å². The molecule has 0 saturated heterocycles. The third-order valence-corrected chi connectivity index (χ3v) is 0. The summed E-state index contributed by atoms with van der Waals surface area (Å²) in [6, 6.07) is 0. The summed E-state index contributed by atoms with van der Waals surface area (Å²) in [5.74, 6) is 0. The molecule has 0 aromatic carbocycles. The van der Waals surface area contributed by atoms with Crippen LogP contribution < -0.4 is 18.9 Å². The molecule has 0 amide bonds. The van der Waals surface area contributed by atoms with Gasteiger partial charge in [-0.25, -0.2) is 0 Å². The molecule has 0 aliphatic heterocycles. The van der Waals surface area contributed by atoms with Gasteiger partial charge in [-0.2, -0.15) is 0 Å². The van der Waals surface area contributed by atoms with E-state index in [-0.39, 0.29) is 117 Å². The zero-order valence-electron chi connectivity index (χ0n) is 5.03. The Morgan fingerprint density at radius 2 is 0.455 bits per heavy atom. The van der Waals surface area contributed by atoms with Gasteiger partial charge in [0.15, 0.2) is 0 Å². The molecule has 0 rings (SSSR count). The number of hydrogen-bond acceptors (Lipinski definition) is 0. The molecule has 70 valence electrons. The Hall–Kier alpha value is 2.24. The first-order valence-electron chi connectivity index (χ1n) is 0. The Morgan fingerprint density at radius 1 is 0.455 bits per heavy atom. The molecule has 0 aliphatic rings. The third kappa shape index (κ3) is 256. The summed E-state index contributed by atoms with van der Waals surface area (Å²) in [5.41, 5.74) is 0. The van der Waals surface area contributed by atoms with Crippen LogP contribution in [0.5, 0.6) is 0 Å². The number of hydrogen-bond donors (Lipinski definition) is 0. The van der Waals surface area contributed by atoms with E-state index in [9.17, 15) is 0 Å². The molecule has 0 bridgehead atoms. The Labute approximate surface area is 116 Å². The fourth-order valence-electron chi connectivity index (χ4n) is 0. The van der Waals surface area contributed by atoms with Gasteiger partial charge in [-0.05, 0) is 0 Å². The number of rotatable bonds is 0. The van der Waals surface area contributed by atoms with Gasteiger partial charge in [-0.15, -0.1) is 0 Å². The van der Waals surface area contributed by atoms with Crippen LogP contribution in [-0.2, 0) is 98.3 Å². The molecule has 0 heterocycles. The van der Waals surface area contributed by atoms with E-state index in [0.29, 0.717) is 0 Å². The first kappa shape index (κ1) is 395. The van der Waals surface area contributed by atoms with Crippen LogP contribution in [0.4, 0.5) is 0 Å². The maximum Gasteiger partial charge on any atom is 5.00 e. The van der Waals surface area contributed by atoms with Crippen LogP contribution in [0, 0.1) is 0 Å². The molecule has 0 unspecified atom stereocenters. The van der Waals surface area contributed by atoms with Gasteiger partial charge in [0.1, 0.15) is 0 Å². The Morgan fingerprint density at radius 3 is 0.455 bits per heavy atom. The molecule has 0 saturated carbocycles. The van der Waals surface area contributed by atoms with Crippen molar-refractivity contribution in [3.05, 3.63) is 0 Å². The Kier molecular flexibility index (Phi) is 11100. The fraction of sp³-hybridized carbons (Fsp3) is 0. The Bertz CT molecular complexity index is 18.4. The van der Waals surface area contributed by atoms with Gasteiger partial charge >= 0.3 is 57.7 Å². The van der Waals surface area contributed by atoms with Crippen LogP contribution in [0.15, 0.2) is 0 Å². The average Bonchev–Trinajstić information content (AvgIpc) is 0. The normalized spacial score (nSPS) is 0. The fourth-order valence-corrected chi connectivity index (χ4v) is 0. The first-order valence-corrected chi connectivity index (χ1v) is 0. The summed E-state index contributed by atoms with van der Waals surface area (Å²) in [4.78, 5) is 0. The van der Waals surface area contributed by atoms with Crippen molar-refractivity contribution in [1.29, 1.82) is 0 Å². The van der Waals surface area contributed by atoms with E-state index in [1.165, 1.54) is 0 Å². The van der Waals surface area contributed by atoms with Crippen LogP contribution in [0.2, 0.25) is 0 Å². The van der Waals surface area contributed by atoms with E-state index in [4.69, 9.17) is 0 Å². The van der Waals surface area contributed by atoms with E-state index < -0.39 is 0 Å². The van der Waals surface area contributed by atoms with E-state index in [1.807, 2.05) is 0 Å². The van der Waals surface area contributed by atoms with E-state index in [2.05, 4.69) is 0 Å². The smallest absolute Gasteiger partial charge is 2.00 e. The largest absolute Gasteiger partial charge is 5.00 e. The van der Waals surface area contributed by atoms with Crippen molar-refractivity contribution in [2.24, 2.45) is 0 Å². The quantitative estimate of drug-likeness (QED) is 0.323. The van der Waals surface area contributed by atoms with Gasteiger partial charge in [0.25, 0.3) is 0 Å². The molecule has 0 aliphatic carbocycles. The second-order valence-electron chi connectivity index (χ2n) is 0. The van der Waals surface area contributed by atoms with Gasteiger partial charge in [0.2, 0.25) is 0 Å². The van der Waals surface area contributed by atoms with Crippen LogP contribution in [0.25, 0.3) is 0 Å². The second-order valence-corrected chi connectivity index (χ2v) is 0. The van der Waals surface area contributed by atoms with E-state index in [1.54, 1.807) is 0 Å². The molecule has 0 aromatic heterocycles. The summed E-state index contributed by atoms with van der Waals surface area (Å²) < 4.78 is 0. The first-order chi connectivity index (χ1) is 0. The van der Waals surface area contributed by atoms with Crippen LogP contribution in [0.3, 0.4) is 0 Å². The maximum atomic E-state index is 0. The van der Waals surface area contributed by atoms with Crippen molar-refractivity contribution in [2.45, 2.75) is 0 Å². The molecular weight excluding hydrogens is 454 g/mol. The molecular formula is LiNbNiO7W-6. The minimum atomic E-state index is 0. The van der Waals surface area contributed by atoms with Crippen LogP contribution >= 0.6 is 0 Å². The monoisotopic (exact) mass is 454 g/mol. The maximum absolute atomic E-state index is 0. The zero-order chi connectivity index (χ0) is 0. The van der Waals surface area contributed by atoms with Gasteiger partial charge in [0.05, 0.1) is 0 Å². The molecule has 11 heavy (non-hydrogen) atoms. The van der Waals surface area contributed by atoms with Gasteiger partial charge in [-0.3, -0.25) is 0 Å². The second kappa shape index (κ2) is 308. The molecule has 0 aromatic rings. The molecule has 0 radical (unpaired) electrons. The van der Waals surface area contributed by atoms with E-state index in [0.717, 1.165) is 0 Å².